The highest BCUT2D eigenvalue weighted by molar-refractivity contribution is 5.29. The minimum atomic E-state index is -0.214. The Morgan fingerprint density at radius 2 is 1.91 bits per heavy atom. The fraction of sp³-hybridized carbons (Fsp3) is 0.750. The highest BCUT2D eigenvalue weighted by Gasteiger charge is 2.24. The average Bonchev–Trinajstić information content (AvgIpc) is 2.46. The third-order valence-corrected chi connectivity index (χ3v) is 2.41. The van der Waals surface area contributed by atoms with Gasteiger partial charge in [-0.3, -0.25) is 4.90 Å². The lowest BCUT2D eigenvalue weighted by Gasteiger charge is -2.14. The van der Waals surface area contributed by atoms with Gasteiger partial charge in [0.25, 0.3) is 0 Å². The molecule has 11 heavy (non-hydrogen) atoms. The summed E-state index contributed by atoms with van der Waals surface area (Å²) in [6.07, 6.45) is 0. The second kappa shape index (κ2) is 2.91. The second-order valence-corrected chi connectivity index (χ2v) is 3.21. The van der Waals surface area contributed by atoms with E-state index >= 15 is 0 Å². The van der Waals surface area contributed by atoms with Crippen LogP contribution in [0.4, 0.5) is 4.39 Å². The lowest BCUT2D eigenvalue weighted by molar-refractivity contribution is 0.297. The van der Waals surface area contributed by atoms with Gasteiger partial charge in [0, 0.05) is 32.7 Å². The van der Waals surface area contributed by atoms with Crippen molar-refractivity contribution in [3.05, 3.63) is 11.1 Å². The molecule has 62 valence electrons. The predicted molar refractivity (Wildman–Crippen MR) is 42.3 cm³/mol. The first-order chi connectivity index (χ1) is 5.40. The van der Waals surface area contributed by atoms with Crippen molar-refractivity contribution < 1.29 is 4.39 Å². The second-order valence-electron chi connectivity index (χ2n) is 3.21. The third-order valence-electron chi connectivity index (χ3n) is 2.41. The van der Waals surface area contributed by atoms with Crippen LogP contribution in [0.2, 0.25) is 0 Å². The molecule has 0 saturated carbocycles. The van der Waals surface area contributed by atoms with Crippen molar-refractivity contribution in [3.63, 3.8) is 0 Å². The van der Waals surface area contributed by atoms with Gasteiger partial charge in [0.05, 0.1) is 0 Å². The van der Waals surface area contributed by atoms with Gasteiger partial charge >= 0.3 is 0 Å². The van der Waals surface area contributed by atoms with Crippen molar-refractivity contribution in [1.29, 1.82) is 0 Å². The maximum atomic E-state index is 11.9. The Balaban J connectivity index is 1.90. The van der Waals surface area contributed by atoms with E-state index in [4.69, 9.17) is 0 Å². The Bertz CT molecular complexity index is 173. The quantitative estimate of drug-likeness (QED) is 0.573. The highest BCUT2D eigenvalue weighted by Crippen LogP contribution is 2.19. The first kappa shape index (κ1) is 7.25. The fourth-order valence-electron chi connectivity index (χ4n) is 1.82. The first-order valence-corrected chi connectivity index (χ1v) is 4.09. The molecule has 0 aliphatic carbocycles. The van der Waals surface area contributed by atoms with Crippen LogP contribution in [-0.2, 0) is 0 Å². The van der Waals surface area contributed by atoms with Crippen molar-refractivity contribution >= 4 is 0 Å². The Kier molecular flexibility index (Phi) is 1.92. The minimum absolute atomic E-state index is 0.214. The summed E-state index contributed by atoms with van der Waals surface area (Å²) in [5, 5.41) is 3.29. The van der Waals surface area contributed by atoms with E-state index < -0.39 is 0 Å². The van der Waals surface area contributed by atoms with Crippen LogP contribution >= 0.6 is 0 Å². The number of nitrogens with one attached hydrogen (secondary N) is 1. The van der Waals surface area contributed by atoms with Crippen LogP contribution in [0, 0.1) is 0 Å². The summed E-state index contributed by atoms with van der Waals surface area (Å²) in [4.78, 5) is 2.17. The van der Waals surface area contributed by atoms with E-state index in [-0.39, 0.29) is 6.67 Å². The summed E-state index contributed by atoms with van der Waals surface area (Å²) in [6.45, 7) is 4.43. The fourth-order valence-corrected chi connectivity index (χ4v) is 1.82. The summed E-state index contributed by atoms with van der Waals surface area (Å²) in [5.41, 5.74) is 3.00. The molecule has 0 unspecified atom stereocenters. The summed E-state index contributed by atoms with van der Waals surface area (Å²) in [7, 11) is 0. The zero-order chi connectivity index (χ0) is 7.68. The zero-order valence-electron chi connectivity index (χ0n) is 6.57. The maximum Gasteiger partial charge on any atom is 0.102 e. The van der Waals surface area contributed by atoms with Crippen LogP contribution in [0.3, 0.4) is 0 Å². The van der Waals surface area contributed by atoms with E-state index in [1.54, 1.807) is 0 Å². The van der Waals surface area contributed by atoms with Crippen molar-refractivity contribution in [1.82, 2.24) is 10.2 Å². The molecule has 0 radical (unpaired) electrons. The standard InChI is InChI=1S/C8H13FN2/c9-1-2-11-5-7-3-10-4-8(7)6-11/h10H,1-6H2. The molecule has 2 aliphatic rings. The van der Waals surface area contributed by atoms with Crippen LogP contribution < -0.4 is 5.32 Å². The van der Waals surface area contributed by atoms with Gasteiger partial charge < -0.3 is 5.32 Å². The van der Waals surface area contributed by atoms with Gasteiger partial charge in [-0.1, -0.05) is 0 Å². The molecular formula is C8H13FN2. The van der Waals surface area contributed by atoms with Crippen LogP contribution in [0.25, 0.3) is 0 Å². The van der Waals surface area contributed by atoms with E-state index in [9.17, 15) is 4.39 Å². The topological polar surface area (TPSA) is 15.3 Å². The van der Waals surface area contributed by atoms with Gasteiger partial charge in [0.2, 0.25) is 0 Å². The smallest absolute Gasteiger partial charge is 0.102 e. The van der Waals surface area contributed by atoms with E-state index in [1.165, 1.54) is 11.1 Å². The Hall–Kier alpha value is -0.410. The molecule has 2 aliphatic heterocycles. The van der Waals surface area contributed by atoms with Crippen LogP contribution in [0.5, 0.6) is 0 Å². The van der Waals surface area contributed by atoms with Gasteiger partial charge in [0.15, 0.2) is 0 Å². The molecule has 0 atom stereocenters. The zero-order valence-corrected chi connectivity index (χ0v) is 6.57. The van der Waals surface area contributed by atoms with Crippen molar-refractivity contribution in [2.24, 2.45) is 0 Å². The minimum Gasteiger partial charge on any atom is -0.309 e. The van der Waals surface area contributed by atoms with Crippen molar-refractivity contribution in [3.8, 4) is 0 Å². The average molecular weight is 156 g/mol. The molecule has 0 aromatic rings. The van der Waals surface area contributed by atoms with Crippen LogP contribution in [0.15, 0.2) is 11.1 Å². The van der Waals surface area contributed by atoms with Gasteiger partial charge in [-0.25, -0.2) is 4.39 Å². The molecule has 0 aromatic carbocycles. The molecule has 0 fully saturated rings. The number of hydrogen-bond acceptors (Lipinski definition) is 2. The molecule has 2 heterocycles. The highest BCUT2D eigenvalue weighted by atomic mass is 19.1. The number of nitrogens with zero attached hydrogens (tertiary/aromatic N) is 1. The van der Waals surface area contributed by atoms with E-state index in [0.717, 1.165) is 26.2 Å². The van der Waals surface area contributed by atoms with Crippen LogP contribution in [-0.4, -0.2) is 44.3 Å². The predicted octanol–water partition coefficient (Wildman–Crippen LogP) is 0.171. The molecule has 3 heteroatoms. The van der Waals surface area contributed by atoms with E-state index in [0.29, 0.717) is 6.54 Å². The largest absolute Gasteiger partial charge is 0.309 e. The van der Waals surface area contributed by atoms with E-state index in [2.05, 4.69) is 10.2 Å². The van der Waals surface area contributed by atoms with Crippen molar-refractivity contribution in [2.75, 3.05) is 39.4 Å². The summed E-state index contributed by atoms with van der Waals surface area (Å²) in [5.74, 6) is 0. The maximum absolute atomic E-state index is 11.9. The molecule has 0 saturated heterocycles. The van der Waals surface area contributed by atoms with Gasteiger partial charge in [-0.2, -0.15) is 0 Å². The first-order valence-electron chi connectivity index (χ1n) is 4.09. The number of rotatable bonds is 2. The molecule has 0 bridgehead atoms. The van der Waals surface area contributed by atoms with Crippen molar-refractivity contribution in [2.45, 2.75) is 0 Å². The SMILES string of the molecule is FCCN1CC2=C(CNC2)C1. The number of alkyl halides is 1. The van der Waals surface area contributed by atoms with Crippen LogP contribution in [0.1, 0.15) is 0 Å². The van der Waals surface area contributed by atoms with Gasteiger partial charge in [0.1, 0.15) is 6.67 Å². The monoisotopic (exact) mass is 156 g/mol. The normalized spacial score (nSPS) is 24.8. The third kappa shape index (κ3) is 1.30. The summed E-state index contributed by atoms with van der Waals surface area (Å²) in [6, 6.07) is 0. The molecule has 0 amide bonds. The Labute approximate surface area is 66.1 Å². The van der Waals surface area contributed by atoms with Gasteiger partial charge in [-0.05, 0) is 11.1 Å². The molecule has 2 rings (SSSR count). The summed E-state index contributed by atoms with van der Waals surface area (Å²) >= 11 is 0. The lowest BCUT2D eigenvalue weighted by atomic mass is 10.2. The Morgan fingerprint density at radius 1 is 1.27 bits per heavy atom. The molecule has 0 spiro atoms. The molecule has 2 nitrogen and oxygen atoms in total. The van der Waals surface area contributed by atoms with E-state index in [1.807, 2.05) is 0 Å². The molecule has 0 aromatic heterocycles. The number of halogens is 1. The molecule has 1 N–H and O–H groups in total. The summed E-state index contributed by atoms with van der Waals surface area (Å²) < 4.78 is 11.9. The number of hydrogen-bond donors (Lipinski definition) is 1. The van der Waals surface area contributed by atoms with Gasteiger partial charge in [-0.15, -0.1) is 0 Å². The Morgan fingerprint density at radius 3 is 2.45 bits per heavy atom. The molecular weight excluding hydrogens is 143 g/mol. The lowest BCUT2D eigenvalue weighted by Crippen LogP contribution is -2.28.